The number of nitrogens with zero attached hydrogens (tertiary/aromatic N) is 4. The number of carboxylic acids is 1. The molecule has 1 aliphatic rings. The van der Waals surface area contributed by atoms with E-state index in [4.69, 9.17) is 33.3 Å². The predicted octanol–water partition coefficient (Wildman–Crippen LogP) is 6.22. The maximum atomic E-state index is 12.2. The summed E-state index contributed by atoms with van der Waals surface area (Å²) in [6.45, 7) is 9.47. The molecule has 1 aliphatic heterocycles. The van der Waals surface area contributed by atoms with E-state index in [9.17, 15) is 9.90 Å². The summed E-state index contributed by atoms with van der Waals surface area (Å²) in [6, 6.07) is 7.27. The van der Waals surface area contributed by atoms with E-state index >= 15 is 0 Å². The lowest BCUT2D eigenvalue weighted by molar-refractivity contribution is -0.149. The summed E-state index contributed by atoms with van der Waals surface area (Å²) in [5.74, 6) is 0.404. The molecule has 0 aliphatic carbocycles. The number of aromatic nitrogens is 3. The first-order valence-electron chi connectivity index (χ1n) is 11.0. The van der Waals surface area contributed by atoms with E-state index < -0.39 is 11.4 Å². The van der Waals surface area contributed by atoms with E-state index in [1.807, 2.05) is 30.5 Å². The summed E-state index contributed by atoms with van der Waals surface area (Å²) in [5, 5.41) is 16.0. The van der Waals surface area contributed by atoms with E-state index in [2.05, 4.69) is 18.7 Å². The van der Waals surface area contributed by atoms with Crippen molar-refractivity contribution in [2.75, 3.05) is 18.0 Å². The van der Waals surface area contributed by atoms with Gasteiger partial charge in [0.2, 0.25) is 0 Å². The molecule has 1 N–H and O–H groups in total. The minimum atomic E-state index is -0.758. The third-order valence-electron chi connectivity index (χ3n) is 6.60. The molecule has 1 aromatic carbocycles. The lowest BCUT2D eigenvalue weighted by Gasteiger charge is -2.41. The Morgan fingerprint density at radius 1 is 1.28 bits per heavy atom. The second-order valence-electron chi connectivity index (χ2n) is 8.98. The SMILES string of the molecule is CC[C@]1(C(=O)O)CCCN(c2c(C(C)C)c(C)nc3cc(-c4ccc(Cl)cc4Cl)nn23)C1. The normalized spacial score (nSPS) is 19.2. The number of fused-ring (bicyclic) bond motifs is 1. The van der Waals surface area contributed by atoms with Crippen molar-refractivity contribution in [3.05, 3.63) is 45.6 Å². The average molecular weight is 475 g/mol. The van der Waals surface area contributed by atoms with E-state index in [-0.39, 0.29) is 5.92 Å². The number of benzene rings is 1. The lowest BCUT2D eigenvalue weighted by atomic mass is 9.77. The van der Waals surface area contributed by atoms with Gasteiger partial charge in [-0.25, -0.2) is 4.98 Å². The van der Waals surface area contributed by atoms with Gasteiger partial charge in [-0.3, -0.25) is 4.79 Å². The van der Waals surface area contributed by atoms with Crippen molar-refractivity contribution in [2.45, 2.75) is 52.9 Å². The van der Waals surface area contributed by atoms with Crippen LogP contribution in [0.15, 0.2) is 24.3 Å². The fraction of sp³-hybridized carbons (Fsp3) is 0.458. The molecule has 4 rings (SSSR count). The smallest absolute Gasteiger partial charge is 0.311 e. The first-order chi connectivity index (χ1) is 15.2. The second kappa shape index (κ2) is 8.56. The third kappa shape index (κ3) is 3.84. The van der Waals surface area contributed by atoms with Crippen molar-refractivity contribution in [2.24, 2.45) is 5.41 Å². The van der Waals surface area contributed by atoms with Gasteiger partial charge in [-0.05, 0) is 50.3 Å². The van der Waals surface area contributed by atoms with Gasteiger partial charge in [0.15, 0.2) is 5.65 Å². The minimum Gasteiger partial charge on any atom is -0.481 e. The van der Waals surface area contributed by atoms with Crippen molar-refractivity contribution < 1.29 is 9.90 Å². The van der Waals surface area contributed by atoms with Crippen molar-refractivity contribution >= 4 is 40.6 Å². The highest BCUT2D eigenvalue weighted by molar-refractivity contribution is 6.36. The molecular weight excluding hydrogens is 447 g/mol. The van der Waals surface area contributed by atoms with Crippen molar-refractivity contribution in [3.8, 4) is 11.3 Å². The molecule has 0 saturated carbocycles. The van der Waals surface area contributed by atoms with Crippen LogP contribution in [-0.4, -0.2) is 38.8 Å². The summed E-state index contributed by atoms with van der Waals surface area (Å²) in [5.41, 5.74) is 3.46. The molecule has 8 heteroatoms. The number of aliphatic carboxylic acids is 1. The number of hydrogen-bond acceptors (Lipinski definition) is 4. The Labute approximate surface area is 198 Å². The van der Waals surface area contributed by atoms with Crippen molar-refractivity contribution in [1.29, 1.82) is 0 Å². The number of anilines is 1. The number of carbonyl (C=O) groups is 1. The fourth-order valence-corrected chi connectivity index (χ4v) is 5.36. The van der Waals surface area contributed by atoms with Gasteiger partial charge >= 0.3 is 5.97 Å². The molecule has 0 spiro atoms. The lowest BCUT2D eigenvalue weighted by Crippen LogP contribution is -2.48. The van der Waals surface area contributed by atoms with Crippen LogP contribution in [0.2, 0.25) is 10.0 Å². The highest BCUT2D eigenvalue weighted by atomic mass is 35.5. The van der Waals surface area contributed by atoms with E-state index in [1.54, 1.807) is 12.1 Å². The molecule has 3 aromatic rings. The summed E-state index contributed by atoms with van der Waals surface area (Å²) in [6.07, 6.45) is 2.09. The largest absolute Gasteiger partial charge is 0.481 e. The molecule has 170 valence electrons. The second-order valence-corrected chi connectivity index (χ2v) is 9.82. The summed E-state index contributed by atoms with van der Waals surface area (Å²) in [7, 11) is 0. The molecule has 3 heterocycles. The highest BCUT2D eigenvalue weighted by Crippen LogP contribution is 2.40. The fourth-order valence-electron chi connectivity index (χ4n) is 4.85. The molecule has 32 heavy (non-hydrogen) atoms. The van der Waals surface area contributed by atoms with Crippen molar-refractivity contribution in [1.82, 2.24) is 14.6 Å². The molecule has 0 bridgehead atoms. The molecule has 1 atom stereocenters. The Balaban J connectivity index is 1.92. The topological polar surface area (TPSA) is 70.7 Å². The zero-order valence-electron chi connectivity index (χ0n) is 18.8. The molecule has 6 nitrogen and oxygen atoms in total. The molecule has 0 amide bonds. The standard InChI is InChI=1S/C24H28Cl2N4O2/c1-5-24(23(31)32)9-6-10-29(13-24)22-21(14(2)3)15(4)27-20-12-19(28-30(20)22)17-8-7-16(25)11-18(17)26/h7-8,11-12,14H,5-6,9-10,13H2,1-4H3,(H,31,32)/t24-/m0/s1. The number of hydrogen-bond donors (Lipinski definition) is 1. The van der Waals surface area contributed by atoms with Gasteiger partial charge in [-0.1, -0.05) is 44.0 Å². The zero-order valence-corrected chi connectivity index (χ0v) is 20.3. The number of piperidine rings is 1. The van der Waals surface area contributed by atoms with Crippen LogP contribution in [-0.2, 0) is 4.79 Å². The van der Waals surface area contributed by atoms with Gasteiger partial charge in [0.05, 0.1) is 16.1 Å². The summed E-state index contributed by atoms with van der Waals surface area (Å²) < 4.78 is 1.86. The Hall–Kier alpha value is -2.31. The van der Waals surface area contributed by atoms with Gasteiger partial charge in [0.25, 0.3) is 0 Å². The van der Waals surface area contributed by atoms with Crippen molar-refractivity contribution in [3.63, 3.8) is 0 Å². The molecule has 1 fully saturated rings. The van der Waals surface area contributed by atoms with Crippen LogP contribution in [0.4, 0.5) is 5.82 Å². The highest BCUT2D eigenvalue weighted by Gasteiger charge is 2.42. The van der Waals surface area contributed by atoms with Crippen LogP contribution in [0.1, 0.15) is 57.2 Å². The van der Waals surface area contributed by atoms with Crippen LogP contribution >= 0.6 is 23.2 Å². The molecule has 1 saturated heterocycles. The predicted molar refractivity (Wildman–Crippen MR) is 129 cm³/mol. The molecule has 0 unspecified atom stereocenters. The van der Waals surface area contributed by atoms with Crippen LogP contribution in [0.25, 0.3) is 16.9 Å². The van der Waals surface area contributed by atoms with E-state index in [0.29, 0.717) is 40.8 Å². The molecule has 2 aromatic heterocycles. The average Bonchev–Trinajstić information content (AvgIpc) is 3.15. The Morgan fingerprint density at radius 2 is 2.03 bits per heavy atom. The summed E-state index contributed by atoms with van der Waals surface area (Å²) >= 11 is 12.5. The first-order valence-corrected chi connectivity index (χ1v) is 11.8. The number of aryl methyl sites for hydroxylation is 1. The maximum absolute atomic E-state index is 12.2. The van der Waals surface area contributed by atoms with E-state index in [1.165, 1.54) is 0 Å². The third-order valence-corrected chi connectivity index (χ3v) is 7.14. The van der Waals surface area contributed by atoms with Crippen LogP contribution in [0.3, 0.4) is 0 Å². The minimum absolute atomic E-state index is 0.205. The molecule has 0 radical (unpaired) electrons. The van der Waals surface area contributed by atoms with Gasteiger partial charge < -0.3 is 10.0 Å². The van der Waals surface area contributed by atoms with Crippen LogP contribution in [0.5, 0.6) is 0 Å². The molecular formula is C24H28Cl2N4O2. The van der Waals surface area contributed by atoms with Gasteiger partial charge in [-0.15, -0.1) is 0 Å². The van der Waals surface area contributed by atoms with Gasteiger partial charge in [0, 0.05) is 41.0 Å². The van der Waals surface area contributed by atoms with Crippen LogP contribution < -0.4 is 4.90 Å². The van der Waals surface area contributed by atoms with Gasteiger partial charge in [-0.2, -0.15) is 9.61 Å². The maximum Gasteiger partial charge on any atom is 0.311 e. The van der Waals surface area contributed by atoms with Crippen LogP contribution in [0, 0.1) is 12.3 Å². The Bertz CT molecular complexity index is 1190. The quantitative estimate of drug-likeness (QED) is 0.475. The Morgan fingerprint density at radius 3 is 2.66 bits per heavy atom. The monoisotopic (exact) mass is 474 g/mol. The van der Waals surface area contributed by atoms with Gasteiger partial charge in [0.1, 0.15) is 5.82 Å². The number of rotatable bonds is 5. The first kappa shape index (κ1) is 22.9. The van der Waals surface area contributed by atoms with E-state index in [0.717, 1.165) is 35.6 Å². The summed E-state index contributed by atoms with van der Waals surface area (Å²) in [4.78, 5) is 19.2. The Kier molecular flexibility index (Phi) is 6.12. The zero-order chi connectivity index (χ0) is 23.2. The number of carboxylic acid groups (broad SMARTS) is 1. The number of halogens is 2.